The molecule has 0 N–H and O–H groups in total. The average molecular weight is 290 g/mol. The molecule has 2 aromatic rings. The predicted octanol–water partition coefficient (Wildman–Crippen LogP) is 3.28. The highest BCUT2D eigenvalue weighted by Crippen LogP contribution is 2.13. The maximum absolute atomic E-state index is 11.5. The second-order valence-electron chi connectivity index (χ2n) is 3.67. The van der Waals surface area contributed by atoms with Crippen LogP contribution in [-0.2, 0) is 6.54 Å². The lowest BCUT2D eigenvalue weighted by atomic mass is 10.2. The van der Waals surface area contributed by atoms with Crippen LogP contribution in [0.2, 0.25) is 0 Å². The summed E-state index contributed by atoms with van der Waals surface area (Å²) in [6, 6.07) is 15.2. The first-order valence-corrected chi connectivity index (χ1v) is 6.11. The summed E-state index contributed by atoms with van der Waals surface area (Å²) >= 11 is 3.49. The van der Waals surface area contributed by atoms with E-state index in [9.17, 15) is 4.79 Å². The molecule has 1 heterocycles. The second kappa shape index (κ2) is 5.64. The van der Waals surface area contributed by atoms with Crippen molar-refractivity contribution in [2.75, 3.05) is 0 Å². The molecule has 86 valence electrons. The number of pyridine rings is 1. The van der Waals surface area contributed by atoms with E-state index < -0.39 is 0 Å². The minimum Gasteiger partial charge on any atom is -0.311 e. The van der Waals surface area contributed by atoms with Crippen molar-refractivity contribution in [2.24, 2.45) is 0 Å². The fourth-order valence-corrected chi connectivity index (χ4v) is 2.06. The Hall–Kier alpha value is -1.61. The Labute approximate surface area is 108 Å². The molecule has 3 heteroatoms. The number of allylic oxidation sites excluding steroid dienone is 1. The van der Waals surface area contributed by atoms with Crippen LogP contribution in [0.1, 0.15) is 5.56 Å². The zero-order valence-electron chi connectivity index (χ0n) is 9.21. The summed E-state index contributed by atoms with van der Waals surface area (Å²) < 4.78 is 2.63. The SMILES string of the molecule is O=c1ccccn1C/C(Br)=C/c1ccccc1. The summed E-state index contributed by atoms with van der Waals surface area (Å²) in [5, 5.41) is 0. The summed E-state index contributed by atoms with van der Waals surface area (Å²) in [6.07, 6.45) is 3.79. The molecule has 0 radical (unpaired) electrons. The van der Waals surface area contributed by atoms with Crippen LogP contribution in [0.3, 0.4) is 0 Å². The average Bonchev–Trinajstić information content (AvgIpc) is 2.33. The van der Waals surface area contributed by atoms with Crippen molar-refractivity contribution >= 4 is 22.0 Å². The van der Waals surface area contributed by atoms with Gasteiger partial charge in [-0.1, -0.05) is 52.3 Å². The monoisotopic (exact) mass is 289 g/mol. The van der Waals surface area contributed by atoms with Gasteiger partial charge in [0.05, 0.1) is 6.54 Å². The van der Waals surface area contributed by atoms with Gasteiger partial charge in [0.1, 0.15) is 0 Å². The molecule has 1 aromatic carbocycles. The molecule has 0 aliphatic heterocycles. The summed E-state index contributed by atoms with van der Waals surface area (Å²) in [6.45, 7) is 0.550. The van der Waals surface area contributed by atoms with E-state index >= 15 is 0 Å². The molecule has 0 saturated heterocycles. The molecule has 0 atom stereocenters. The highest BCUT2D eigenvalue weighted by atomic mass is 79.9. The molecule has 0 aliphatic rings. The van der Waals surface area contributed by atoms with E-state index in [2.05, 4.69) is 15.9 Å². The van der Waals surface area contributed by atoms with Crippen molar-refractivity contribution in [3.05, 3.63) is 75.1 Å². The van der Waals surface area contributed by atoms with Gasteiger partial charge < -0.3 is 4.57 Å². The fraction of sp³-hybridized carbons (Fsp3) is 0.0714. The van der Waals surface area contributed by atoms with E-state index in [4.69, 9.17) is 0 Å². The lowest BCUT2D eigenvalue weighted by molar-refractivity contribution is 0.776. The van der Waals surface area contributed by atoms with Gasteiger partial charge in [-0.15, -0.1) is 0 Å². The fourth-order valence-electron chi connectivity index (χ4n) is 1.53. The van der Waals surface area contributed by atoms with Crippen LogP contribution in [-0.4, -0.2) is 4.57 Å². The second-order valence-corrected chi connectivity index (χ2v) is 4.69. The van der Waals surface area contributed by atoms with Gasteiger partial charge in [0.15, 0.2) is 0 Å². The third-order valence-electron chi connectivity index (χ3n) is 2.34. The molecule has 17 heavy (non-hydrogen) atoms. The molecule has 0 amide bonds. The Balaban J connectivity index is 2.18. The maximum Gasteiger partial charge on any atom is 0.250 e. The third kappa shape index (κ3) is 3.43. The first kappa shape index (κ1) is 11.9. The van der Waals surface area contributed by atoms with Crippen LogP contribution in [0.15, 0.2) is 64.0 Å². The minimum atomic E-state index is 0.00547. The molecular weight excluding hydrogens is 278 g/mol. The van der Waals surface area contributed by atoms with Crippen LogP contribution in [0.25, 0.3) is 6.08 Å². The van der Waals surface area contributed by atoms with Crippen molar-refractivity contribution in [1.29, 1.82) is 0 Å². The lowest BCUT2D eigenvalue weighted by Gasteiger charge is -2.03. The summed E-state index contributed by atoms with van der Waals surface area (Å²) in [4.78, 5) is 11.5. The van der Waals surface area contributed by atoms with Gasteiger partial charge in [-0.2, -0.15) is 0 Å². The number of rotatable bonds is 3. The van der Waals surface area contributed by atoms with Crippen LogP contribution < -0.4 is 5.56 Å². The Morgan fingerprint density at radius 3 is 2.53 bits per heavy atom. The van der Waals surface area contributed by atoms with E-state index in [1.807, 2.05) is 42.5 Å². The highest BCUT2D eigenvalue weighted by Gasteiger charge is 1.97. The van der Waals surface area contributed by atoms with Gasteiger partial charge in [0.2, 0.25) is 0 Å². The van der Waals surface area contributed by atoms with E-state index in [0.717, 1.165) is 10.0 Å². The summed E-state index contributed by atoms with van der Waals surface area (Å²) in [5.41, 5.74) is 1.12. The number of nitrogens with zero attached hydrogens (tertiary/aromatic N) is 1. The zero-order valence-corrected chi connectivity index (χ0v) is 10.8. The van der Waals surface area contributed by atoms with Crippen molar-refractivity contribution in [3.63, 3.8) is 0 Å². The summed E-state index contributed by atoms with van der Waals surface area (Å²) in [5.74, 6) is 0. The van der Waals surface area contributed by atoms with Crippen LogP contribution in [0, 0.1) is 0 Å². The van der Waals surface area contributed by atoms with Gasteiger partial charge in [-0.25, -0.2) is 0 Å². The molecule has 0 saturated carbocycles. The van der Waals surface area contributed by atoms with E-state index in [1.165, 1.54) is 0 Å². The number of benzene rings is 1. The van der Waals surface area contributed by atoms with Crippen molar-refractivity contribution in [2.45, 2.75) is 6.54 Å². The molecule has 0 spiro atoms. The first-order valence-electron chi connectivity index (χ1n) is 5.32. The topological polar surface area (TPSA) is 22.0 Å². The van der Waals surface area contributed by atoms with Gasteiger partial charge in [0.25, 0.3) is 5.56 Å². The quantitative estimate of drug-likeness (QED) is 0.850. The van der Waals surface area contributed by atoms with Crippen molar-refractivity contribution < 1.29 is 0 Å². The largest absolute Gasteiger partial charge is 0.311 e. The molecule has 0 bridgehead atoms. The molecular formula is C14H12BrNO. The lowest BCUT2D eigenvalue weighted by Crippen LogP contribution is -2.17. The number of hydrogen-bond donors (Lipinski definition) is 0. The molecule has 0 aliphatic carbocycles. The van der Waals surface area contributed by atoms with E-state index in [-0.39, 0.29) is 5.56 Å². The number of halogens is 1. The molecule has 2 rings (SSSR count). The Morgan fingerprint density at radius 2 is 1.82 bits per heavy atom. The van der Waals surface area contributed by atoms with Crippen LogP contribution >= 0.6 is 15.9 Å². The zero-order chi connectivity index (χ0) is 12.1. The van der Waals surface area contributed by atoms with Gasteiger partial charge in [-0.05, 0) is 17.7 Å². The molecule has 0 unspecified atom stereocenters. The third-order valence-corrected chi connectivity index (χ3v) is 2.82. The summed E-state index contributed by atoms with van der Waals surface area (Å²) in [7, 11) is 0. The van der Waals surface area contributed by atoms with Crippen molar-refractivity contribution in [3.8, 4) is 0 Å². The minimum absolute atomic E-state index is 0.00547. The van der Waals surface area contributed by atoms with Crippen molar-refractivity contribution in [1.82, 2.24) is 4.57 Å². The Bertz CT molecular complexity index is 572. The maximum atomic E-state index is 11.5. The molecule has 1 aromatic heterocycles. The van der Waals surface area contributed by atoms with Crippen LogP contribution in [0.4, 0.5) is 0 Å². The van der Waals surface area contributed by atoms with E-state index in [0.29, 0.717) is 6.54 Å². The van der Waals surface area contributed by atoms with Gasteiger partial charge in [0, 0.05) is 16.7 Å². The Kier molecular flexibility index (Phi) is 3.94. The number of aromatic nitrogens is 1. The van der Waals surface area contributed by atoms with E-state index in [1.54, 1.807) is 22.9 Å². The predicted molar refractivity (Wildman–Crippen MR) is 74.0 cm³/mol. The van der Waals surface area contributed by atoms with Gasteiger partial charge in [-0.3, -0.25) is 4.79 Å². The standard InChI is InChI=1S/C14H12BrNO/c15-13(10-12-6-2-1-3-7-12)11-16-9-5-4-8-14(16)17/h1-10H,11H2/b13-10-. The normalized spacial score (nSPS) is 11.5. The first-order chi connectivity index (χ1) is 8.25. The highest BCUT2D eigenvalue weighted by molar-refractivity contribution is 9.11. The smallest absolute Gasteiger partial charge is 0.250 e. The van der Waals surface area contributed by atoms with Gasteiger partial charge >= 0.3 is 0 Å². The Morgan fingerprint density at radius 1 is 1.12 bits per heavy atom. The molecule has 2 nitrogen and oxygen atoms in total. The van der Waals surface area contributed by atoms with Crippen LogP contribution in [0.5, 0.6) is 0 Å². The molecule has 0 fully saturated rings. The number of hydrogen-bond acceptors (Lipinski definition) is 1.